The van der Waals surface area contributed by atoms with Crippen molar-refractivity contribution < 1.29 is 9.53 Å². The minimum atomic E-state index is -0.693. The predicted octanol–water partition coefficient (Wildman–Crippen LogP) is 2.85. The number of nitrogens with one attached hydrogen (secondary N) is 1. The summed E-state index contributed by atoms with van der Waals surface area (Å²) in [7, 11) is 1.64. The summed E-state index contributed by atoms with van der Waals surface area (Å²) in [6.07, 6.45) is 1.56. The van der Waals surface area contributed by atoms with Crippen LogP contribution in [0.2, 0.25) is 0 Å². The number of urea groups is 1. The van der Waals surface area contributed by atoms with Crippen molar-refractivity contribution in [3.63, 3.8) is 0 Å². The SMILES string of the molecule is COc1ccccc1Sc1ccccc1/C=N/NC(N)=O. The summed E-state index contributed by atoms with van der Waals surface area (Å²) >= 11 is 1.56. The Kier molecular flexibility index (Phi) is 5.22. The van der Waals surface area contributed by atoms with Crippen LogP contribution >= 0.6 is 11.8 Å². The van der Waals surface area contributed by atoms with Gasteiger partial charge in [-0.2, -0.15) is 5.10 Å². The van der Waals surface area contributed by atoms with Crippen LogP contribution < -0.4 is 15.9 Å². The Morgan fingerprint density at radius 2 is 1.86 bits per heavy atom. The molecule has 6 heteroatoms. The van der Waals surface area contributed by atoms with Crippen molar-refractivity contribution >= 4 is 24.0 Å². The number of primary amides is 1. The molecule has 0 aliphatic heterocycles. The molecule has 0 aliphatic rings. The molecule has 0 spiro atoms. The van der Waals surface area contributed by atoms with Crippen molar-refractivity contribution in [2.75, 3.05) is 7.11 Å². The Labute approximate surface area is 127 Å². The summed E-state index contributed by atoms with van der Waals surface area (Å²) in [6.45, 7) is 0. The van der Waals surface area contributed by atoms with Crippen LogP contribution in [0.25, 0.3) is 0 Å². The van der Waals surface area contributed by atoms with Crippen molar-refractivity contribution in [3.8, 4) is 5.75 Å². The maximum atomic E-state index is 10.6. The minimum absolute atomic E-state index is 0.693. The van der Waals surface area contributed by atoms with Crippen molar-refractivity contribution in [3.05, 3.63) is 54.1 Å². The van der Waals surface area contributed by atoms with Crippen LogP contribution in [0.4, 0.5) is 4.79 Å². The molecule has 2 aromatic carbocycles. The van der Waals surface area contributed by atoms with Crippen molar-refractivity contribution in [2.24, 2.45) is 10.8 Å². The number of rotatable bonds is 5. The number of benzene rings is 2. The first-order valence-corrected chi connectivity index (χ1v) is 7.01. The Hall–Kier alpha value is -2.47. The van der Waals surface area contributed by atoms with Gasteiger partial charge in [0.1, 0.15) is 5.75 Å². The Morgan fingerprint density at radius 3 is 2.57 bits per heavy atom. The number of carbonyl (C=O) groups excluding carboxylic acids is 1. The van der Waals surface area contributed by atoms with E-state index in [0.717, 1.165) is 21.1 Å². The summed E-state index contributed by atoms with van der Waals surface area (Å²) in [4.78, 5) is 12.6. The molecule has 0 saturated carbocycles. The Bertz CT molecular complexity index is 659. The molecule has 0 bridgehead atoms. The van der Waals surface area contributed by atoms with E-state index in [0.29, 0.717) is 0 Å². The number of carbonyl (C=O) groups is 1. The molecule has 0 atom stereocenters. The van der Waals surface area contributed by atoms with E-state index < -0.39 is 6.03 Å². The molecule has 0 radical (unpaired) electrons. The second-order valence-electron chi connectivity index (χ2n) is 4.03. The highest BCUT2D eigenvalue weighted by atomic mass is 32.2. The first-order chi connectivity index (χ1) is 10.2. The molecule has 0 saturated heterocycles. The zero-order valence-electron chi connectivity index (χ0n) is 11.4. The number of amides is 2. The number of hydrazone groups is 1. The second kappa shape index (κ2) is 7.35. The lowest BCUT2D eigenvalue weighted by Crippen LogP contribution is -2.24. The summed E-state index contributed by atoms with van der Waals surface area (Å²) in [5.41, 5.74) is 8.03. The van der Waals surface area contributed by atoms with Crippen LogP contribution in [0.3, 0.4) is 0 Å². The fraction of sp³-hybridized carbons (Fsp3) is 0.0667. The number of hydrogen-bond acceptors (Lipinski definition) is 4. The summed E-state index contributed by atoms with van der Waals surface area (Å²) in [6, 6.07) is 14.8. The van der Waals surface area contributed by atoms with E-state index in [2.05, 4.69) is 10.5 Å². The molecule has 21 heavy (non-hydrogen) atoms. The van der Waals surface area contributed by atoms with Crippen LogP contribution in [0, 0.1) is 0 Å². The molecule has 0 aromatic heterocycles. The van der Waals surface area contributed by atoms with E-state index in [1.54, 1.807) is 25.1 Å². The van der Waals surface area contributed by atoms with Gasteiger partial charge in [-0.1, -0.05) is 42.1 Å². The number of nitrogens with two attached hydrogens (primary N) is 1. The zero-order valence-corrected chi connectivity index (χ0v) is 12.3. The number of nitrogens with zero attached hydrogens (tertiary/aromatic N) is 1. The summed E-state index contributed by atoms with van der Waals surface area (Å²) in [5, 5.41) is 3.79. The van der Waals surface area contributed by atoms with E-state index in [1.165, 1.54) is 0 Å². The third kappa shape index (κ3) is 4.25. The van der Waals surface area contributed by atoms with Gasteiger partial charge < -0.3 is 10.5 Å². The lowest BCUT2D eigenvalue weighted by Gasteiger charge is -2.09. The zero-order chi connectivity index (χ0) is 15.1. The third-order valence-corrected chi connectivity index (χ3v) is 3.74. The Balaban J connectivity index is 2.24. The topological polar surface area (TPSA) is 76.7 Å². The van der Waals surface area contributed by atoms with Crippen molar-refractivity contribution in [2.45, 2.75) is 9.79 Å². The first-order valence-electron chi connectivity index (χ1n) is 6.19. The molecular formula is C15H15N3O2S. The molecule has 0 heterocycles. The monoisotopic (exact) mass is 301 g/mol. The van der Waals surface area contributed by atoms with Crippen molar-refractivity contribution in [1.82, 2.24) is 5.43 Å². The van der Waals surface area contributed by atoms with Gasteiger partial charge in [-0.15, -0.1) is 0 Å². The van der Waals surface area contributed by atoms with Gasteiger partial charge in [0.05, 0.1) is 18.2 Å². The number of ether oxygens (including phenoxy) is 1. The fourth-order valence-corrected chi connectivity index (χ4v) is 2.69. The fourth-order valence-electron chi connectivity index (χ4n) is 1.67. The number of para-hydroxylation sites is 1. The van der Waals surface area contributed by atoms with Gasteiger partial charge >= 0.3 is 6.03 Å². The average molecular weight is 301 g/mol. The van der Waals surface area contributed by atoms with Gasteiger partial charge in [0, 0.05) is 10.5 Å². The maximum absolute atomic E-state index is 10.6. The molecule has 2 aromatic rings. The maximum Gasteiger partial charge on any atom is 0.332 e. The van der Waals surface area contributed by atoms with Crippen LogP contribution in [-0.4, -0.2) is 19.4 Å². The molecule has 0 unspecified atom stereocenters. The quantitative estimate of drug-likeness (QED) is 0.658. The predicted molar refractivity (Wildman–Crippen MR) is 83.9 cm³/mol. The van der Waals surface area contributed by atoms with Crippen LogP contribution in [0.15, 0.2) is 63.4 Å². The molecule has 2 rings (SSSR count). The van der Waals surface area contributed by atoms with Gasteiger partial charge in [-0.3, -0.25) is 0 Å². The molecule has 108 valence electrons. The van der Waals surface area contributed by atoms with E-state index in [-0.39, 0.29) is 0 Å². The van der Waals surface area contributed by atoms with Crippen LogP contribution in [0.1, 0.15) is 5.56 Å². The summed E-state index contributed by atoms with van der Waals surface area (Å²) in [5.74, 6) is 0.810. The average Bonchev–Trinajstić information content (AvgIpc) is 2.49. The lowest BCUT2D eigenvalue weighted by molar-refractivity contribution is 0.249. The Morgan fingerprint density at radius 1 is 1.19 bits per heavy atom. The van der Waals surface area contributed by atoms with Crippen molar-refractivity contribution in [1.29, 1.82) is 0 Å². The van der Waals surface area contributed by atoms with E-state index in [1.807, 2.05) is 48.5 Å². The highest BCUT2D eigenvalue weighted by Crippen LogP contribution is 2.35. The highest BCUT2D eigenvalue weighted by molar-refractivity contribution is 7.99. The van der Waals surface area contributed by atoms with E-state index >= 15 is 0 Å². The van der Waals surface area contributed by atoms with Gasteiger partial charge in [0.2, 0.25) is 0 Å². The van der Waals surface area contributed by atoms with E-state index in [4.69, 9.17) is 10.5 Å². The van der Waals surface area contributed by atoms with Gasteiger partial charge in [-0.05, 0) is 18.2 Å². The van der Waals surface area contributed by atoms with E-state index in [9.17, 15) is 4.79 Å². The molecule has 5 nitrogen and oxygen atoms in total. The highest BCUT2D eigenvalue weighted by Gasteiger charge is 2.06. The normalized spacial score (nSPS) is 10.5. The first kappa shape index (κ1) is 14.9. The molecule has 3 N–H and O–H groups in total. The van der Waals surface area contributed by atoms with Crippen LogP contribution in [0.5, 0.6) is 5.75 Å². The van der Waals surface area contributed by atoms with Crippen LogP contribution in [-0.2, 0) is 0 Å². The molecule has 0 aliphatic carbocycles. The smallest absolute Gasteiger partial charge is 0.332 e. The minimum Gasteiger partial charge on any atom is -0.496 e. The van der Waals surface area contributed by atoms with Gasteiger partial charge in [0.15, 0.2) is 0 Å². The second-order valence-corrected chi connectivity index (χ2v) is 5.11. The lowest BCUT2D eigenvalue weighted by atomic mass is 10.2. The largest absolute Gasteiger partial charge is 0.496 e. The molecule has 2 amide bonds. The number of hydrogen-bond donors (Lipinski definition) is 2. The molecular weight excluding hydrogens is 286 g/mol. The number of methoxy groups -OCH3 is 1. The standard InChI is InChI=1S/C15H15N3O2S/c1-20-12-7-3-5-9-14(12)21-13-8-4-2-6-11(13)10-17-18-15(16)19/h2-10H,1H3,(H3,16,18,19)/b17-10+. The molecule has 0 fully saturated rings. The third-order valence-electron chi connectivity index (χ3n) is 2.59. The summed E-state index contributed by atoms with van der Waals surface area (Å²) < 4.78 is 5.34. The van der Waals surface area contributed by atoms with Gasteiger partial charge in [-0.25, -0.2) is 10.2 Å². The van der Waals surface area contributed by atoms with Gasteiger partial charge in [0.25, 0.3) is 0 Å².